The maximum absolute atomic E-state index is 6.76. The minimum atomic E-state index is -0.0247. The number of hydrogen-bond donors (Lipinski definition) is 0. The Kier molecular flexibility index (Phi) is 3.86. The molecule has 3 atom stereocenters. The van der Waals surface area contributed by atoms with Gasteiger partial charge >= 0.3 is 0 Å². The lowest BCUT2D eigenvalue weighted by Gasteiger charge is -2.22. The van der Waals surface area contributed by atoms with Crippen LogP contribution in [0.5, 0.6) is 5.75 Å². The molecule has 2 nitrogen and oxygen atoms in total. The van der Waals surface area contributed by atoms with Crippen LogP contribution in [0.1, 0.15) is 24.3 Å². The van der Waals surface area contributed by atoms with Gasteiger partial charge in [0.25, 0.3) is 0 Å². The Hall–Kier alpha value is -1.25. The Morgan fingerprint density at radius 3 is 2.60 bits per heavy atom. The highest BCUT2D eigenvalue weighted by molar-refractivity contribution is 6.22. The lowest BCUT2D eigenvalue weighted by atomic mass is 9.90. The number of ether oxygens (including phenoxy) is 2. The lowest BCUT2D eigenvalue weighted by Crippen LogP contribution is -2.16. The molecule has 2 aromatic rings. The van der Waals surface area contributed by atoms with Crippen molar-refractivity contribution in [3.05, 3.63) is 42.0 Å². The fraction of sp³-hybridized carbons (Fsp3) is 0.412. The van der Waals surface area contributed by atoms with Gasteiger partial charge in [-0.2, -0.15) is 0 Å². The van der Waals surface area contributed by atoms with E-state index in [1.165, 1.54) is 10.9 Å². The van der Waals surface area contributed by atoms with Crippen LogP contribution in [0.2, 0.25) is 0 Å². The normalized spacial score (nSPS) is 23.9. The highest BCUT2D eigenvalue weighted by atomic mass is 35.5. The maximum atomic E-state index is 6.76. The predicted molar refractivity (Wildman–Crippen MR) is 82.6 cm³/mol. The molecule has 3 unspecified atom stereocenters. The number of rotatable bonds is 3. The molecule has 1 aliphatic heterocycles. The van der Waals surface area contributed by atoms with Crippen LogP contribution in [0.4, 0.5) is 0 Å². The number of alkyl halides is 1. The molecule has 0 spiro atoms. The molecule has 3 heteroatoms. The van der Waals surface area contributed by atoms with E-state index in [1.807, 2.05) is 18.2 Å². The first-order chi connectivity index (χ1) is 9.72. The van der Waals surface area contributed by atoms with Gasteiger partial charge in [0.15, 0.2) is 0 Å². The van der Waals surface area contributed by atoms with E-state index < -0.39 is 0 Å². The van der Waals surface area contributed by atoms with Crippen LogP contribution in [0.15, 0.2) is 36.4 Å². The fourth-order valence-corrected chi connectivity index (χ4v) is 3.60. The number of halogens is 1. The first-order valence-electron chi connectivity index (χ1n) is 7.03. The van der Waals surface area contributed by atoms with Gasteiger partial charge in [0, 0.05) is 17.9 Å². The summed E-state index contributed by atoms with van der Waals surface area (Å²) in [5, 5.41) is 2.26. The van der Waals surface area contributed by atoms with E-state index in [1.54, 1.807) is 7.11 Å². The van der Waals surface area contributed by atoms with Gasteiger partial charge in [0.2, 0.25) is 0 Å². The maximum Gasteiger partial charge on any atom is 0.126 e. The molecule has 0 amide bonds. The highest BCUT2D eigenvalue weighted by Crippen LogP contribution is 2.42. The minimum Gasteiger partial charge on any atom is -0.496 e. The van der Waals surface area contributed by atoms with Crippen molar-refractivity contribution >= 4 is 22.4 Å². The molecule has 0 aliphatic carbocycles. The quantitative estimate of drug-likeness (QED) is 0.772. The standard InChI is InChI=1S/C17H19ClO2/c1-11-12(9-10-20-11)17(18)15-7-8-16(19-2)14-6-4-3-5-13(14)15/h3-8,11-12,17H,9-10H2,1-2H3. The molecule has 1 saturated heterocycles. The molecule has 1 aliphatic rings. The first kappa shape index (κ1) is 13.7. The van der Waals surface area contributed by atoms with Crippen molar-refractivity contribution in [1.82, 2.24) is 0 Å². The van der Waals surface area contributed by atoms with E-state index >= 15 is 0 Å². The molecule has 1 fully saturated rings. The van der Waals surface area contributed by atoms with Crippen LogP contribution in [0, 0.1) is 5.92 Å². The van der Waals surface area contributed by atoms with E-state index in [0.717, 1.165) is 24.2 Å². The van der Waals surface area contributed by atoms with Gasteiger partial charge < -0.3 is 9.47 Å². The number of hydrogen-bond acceptors (Lipinski definition) is 2. The summed E-state index contributed by atoms with van der Waals surface area (Å²) in [6, 6.07) is 12.4. The molecular weight excluding hydrogens is 272 g/mol. The van der Waals surface area contributed by atoms with Crippen molar-refractivity contribution in [2.24, 2.45) is 5.92 Å². The third-order valence-corrected chi connectivity index (χ3v) is 4.80. The number of methoxy groups -OCH3 is 1. The Morgan fingerprint density at radius 1 is 1.20 bits per heavy atom. The molecule has 0 saturated carbocycles. The van der Waals surface area contributed by atoms with E-state index in [2.05, 4.69) is 25.1 Å². The monoisotopic (exact) mass is 290 g/mol. The summed E-state index contributed by atoms with van der Waals surface area (Å²) in [6.07, 6.45) is 1.24. The smallest absolute Gasteiger partial charge is 0.126 e. The topological polar surface area (TPSA) is 18.5 Å². The van der Waals surface area contributed by atoms with E-state index in [9.17, 15) is 0 Å². The summed E-state index contributed by atoms with van der Waals surface area (Å²) in [6.45, 7) is 2.92. The SMILES string of the molecule is COc1ccc(C(Cl)C2CCOC2C)c2ccccc12. The van der Waals surface area contributed by atoms with Crippen LogP contribution < -0.4 is 4.74 Å². The molecular formula is C17H19ClO2. The summed E-state index contributed by atoms with van der Waals surface area (Å²) >= 11 is 6.76. The Balaban J connectivity index is 2.07. The molecule has 1 heterocycles. The summed E-state index contributed by atoms with van der Waals surface area (Å²) in [5.41, 5.74) is 1.17. The third kappa shape index (κ3) is 2.27. The Morgan fingerprint density at radius 2 is 1.95 bits per heavy atom. The van der Waals surface area contributed by atoms with Crippen molar-refractivity contribution < 1.29 is 9.47 Å². The van der Waals surface area contributed by atoms with Crippen molar-refractivity contribution in [1.29, 1.82) is 0 Å². The summed E-state index contributed by atoms with van der Waals surface area (Å²) < 4.78 is 11.1. The van der Waals surface area contributed by atoms with Gasteiger partial charge in [-0.1, -0.05) is 30.3 Å². The largest absolute Gasteiger partial charge is 0.496 e. The second-order valence-corrected chi connectivity index (χ2v) is 5.80. The van der Waals surface area contributed by atoms with Gasteiger partial charge in [-0.15, -0.1) is 11.6 Å². The van der Waals surface area contributed by atoms with Crippen molar-refractivity contribution in [3.8, 4) is 5.75 Å². The molecule has 20 heavy (non-hydrogen) atoms. The molecule has 0 N–H and O–H groups in total. The van der Waals surface area contributed by atoms with E-state index in [4.69, 9.17) is 21.1 Å². The molecule has 0 bridgehead atoms. The fourth-order valence-electron chi connectivity index (χ4n) is 3.08. The average Bonchev–Trinajstić information content (AvgIpc) is 2.91. The van der Waals surface area contributed by atoms with E-state index in [0.29, 0.717) is 5.92 Å². The van der Waals surface area contributed by atoms with E-state index in [-0.39, 0.29) is 11.5 Å². The first-order valence-corrected chi connectivity index (χ1v) is 7.47. The van der Waals surface area contributed by atoms with Crippen molar-refractivity contribution in [3.63, 3.8) is 0 Å². The average molecular weight is 291 g/mol. The van der Waals surface area contributed by atoms with Gasteiger partial charge in [-0.05, 0) is 30.4 Å². The lowest BCUT2D eigenvalue weighted by molar-refractivity contribution is 0.105. The van der Waals surface area contributed by atoms with Crippen LogP contribution in [0.3, 0.4) is 0 Å². The second kappa shape index (κ2) is 5.63. The van der Waals surface area contributed by atoms with Crippen LogP contribution in [-0.4, -0.2) is 19.8 Å². The van der Waals surface area contributed by atoms with Crippen LogP contribution in [0.25, 0.3) is 10.8 Å². The second-order valence-electron chi connectivity index (χ2n) is 5.33. The number of fused-ring (bicyclic) bond motifs is 1. The van der Waals surface area contributed by atoms with Gasteiger partial charge in [-0.3, -0.25) is 0 Å². The summed E-state index contributed by atoms with van der Waals surface area (Å²) in [4.78, 5) is 0. The number of benzene rings is 2. The molecule has 0 aromatic heterocycles. The summed E-state index contributed by atoms with van der Waals surface area (Å²) in [5.74, 6) is 1.26. The zero-order valence-corrected chi connectivity index (χ0v) is 12.6. The van der Waals surface area contributed by atoms with Crippen molar-refractivity contribution in [2.75, 3.05) is 13.7 Å². The molecule has 106 valence electrons. The zero-order chi connectivity index (χ0) is 14.1. The van der Waals surface area contributed by atoms with Crippen LogP contribution in [-0.2, 0) is 4.74 Å². The molecule has 3 rings (SSSR count). The molecule has 2 aromatic carbocycles. The van der Waals surface area contributed by atoms with Gasteiger partial charge in [0.1, 0.15) is 5.75 Å². The van der Waals surface area contributed by atoms with Gasteiger partial charge in [-0.25, -0.2) is 0 Å². The Labute approximate surface area is 124 Å². The Bertz CT molecular complexity index is 611. The summed E-state index contributed by atoms with van der Waals surface area (Å²) in [7, 11) is 1.70. The predicted octanol–water partition coefficient (Wildman–Crippen LogP) is 4.55. The minimum absolute atomic E-state index is 0.0247. The third-order valence-electron chi connectivity index (χ3n) is 4.25. The molecule has 0 radical (unpaired) electrons. The van der Waals surface area contributed by atoms with Crippen molar-refractivity contribution in [2.45, 2.75) is 24.8 Å². The highest BCUT2D eigenvalue weighted by Gasteiger charge is 2.32. The van der Waals surface area contributed by atoms with Crippen LogP contribution >= 0.6 is 11.6 Å². The zero-order valence-electron chi connectivity index (χ0n) is 11.8. The van der Waals surface area contributed by atoms with Gasteiger partial charge in [0.05, 0.1) is 18.6 Å².